The number of benzene rings is 1. The standard InChI is InChI=1S/C22H27N5O2S.ClH/c1-16-19(29-15-23-16)20-24-25-21(26(20)2)30-13-5-10-27-11-8-22(14-27)9-12-28-18-7-4-3-6-17(18)22;/h3-4,6-7,15H,5,8-14H2,1-2H3;1H. The zero-order valence-corrected chi connectivity index (χ0v) is 19.5. The highest BCUT2D eigenvalue weighted by molar-refractivity contribution is 7.99. The second-order valence-corrected chi connectivity index (χ2v) is 9.30. The number of fused-ring (bicyclic) bond motifs is 2. The molecule has 7 nitrogen and oxygen atoms in total. The molecule has 1 unspecified atom stereocenters. The molecule has 9 heteroatoms. The van der Waals surface area contributed by atoms with Crippen LogP contribution >= 0.6 is 24.2 Å². The predicted octanol–water partition coefficient (Wildman–Crippen LogP) is 4.11. The number of likely N-dealkylation sites (tertiary alicyclic amines) is 1. The Morgan fingerprint density at radius 3 is 2.90 bits per heavy atom. The Labute approximate surface area is 193 Å². The van der Waals surface area contributed by atoms with Gasteiger partial charge in [-0.05, 0) is 45.3 Å². The third-order valence-corrected chi connectivity index (χ3v) is 7.47. The SMILES string of the molecule is Cc1ncoc1-c1nnc(SCCCN2CCC3(CCOc4ccccc43)C2)n1C.Cl. The third kappa shape index (κ3) is 4.21. The summed E-state index contributed by atoms with van der Waals surface area (Å²) in [6.45, 7) is 6.17. The molecule has 1 saturated heterocycles. The van der Waals surface area contributed by atoms with Gasteiger partial charge in [0.1, 0.15) is 5.75 Å². The number of nitrogens with zero attached hydrogens (tertiary/aromatic N) is 5. The summed E-state index contributed by atoms with van der Waals surface area (Å²) in [5.41, 5.74) is 2.51. The maximum absolute atomic E-state index is 5.89. The molecule has 0 aliphatic carbocycles. The summed E-state index contributed by atoms with van der Waals surface area (Å²) < 4.78 is 13.3. The fraction of sp³-hybridized carbons (Fsp3) is 0.500. The Kier molecular flexibility index (Phi) is 6.60. The second kappa shape index (κ2) is 9.22. The first kappa shape index (κ1) is 22.2. The Morgan fingerprint density at radius 1 is 1.19 bits per heavy atom. The molecule has 0 saturated carbocycles. The lowest BCUT2D eigenvalue weighted by Crippen LogP contribution is -2.36. The lowest BCUT2D eigenvalue weighted by molar-refractivity contribution is 0.209. The van der Waals surface area contributed by atoms with Gasteiger partial charge < -0.3 is 18.6 Å². The molecular formula is C22H28ClN5O2S. The molecule has 0 N–H and O–H groups in total. The number of rotatable bonds is 6. The monoisotopic (exact) mass is 461 g/mol. The minimum Gasteiger partial charge on any atom is -0.493 e. The third-order valence-electron chi connectivity index (χ3n) is 6.36. The van der Waals surface area contributed by atoms with Crippen LogP contribution in [0.15, 0.2) is 40.2 Å². The van der Waals surface area contributed by atoms with E-state index in [-0.39, 0.29) is 17.8 Å². The van der Waals surface area contributed by atoms with Crippen LogP contribution in [0.4, 0.5) is 0 Å². The van der Waals surface area contributed by atoms with E-state index < -0.39 is 0 Å². The van der Waals surface area contributed by atoms with E-state index in [0.29, 0.717) is 5.76 Å². The Hall–Kier alpha value is -2.03. The highest BCUT2D eigenvalue weighted by Gasteiger charge is 2.42. The van der Waals surface area contributed by atoms with E-state index in [1.54, 1.807) is 11.8 Å². The number of aryl methyl sites for hydroxylation is 1. The number of ether oxygens (including phenoxy) is 1. The van der Waals surface area contributed by atoms with Gasteiger partial charge in [0, 0.05) is 30.3 Å². The molecule has 31 heavy (non-hydrogen) atoms. The summed E-state index contributed by atoms with van der Waals surface area (Å²) in [6, 6.07) is 8.59. The molecule has 1 spiro atoms. The van der Waals surface area contributed by atoms with Crippen LogP contribution in [0.2, 0.25) is 0 Å². The number of para-hydroxylation sites is 1. The van der Waals surface area contributed by atoms with Crippen LogP contribution in [-0.4, -0.2) is 56.6 Å². The van der Waals surface area contributed by atoms with Crippen molar-refractivity contribution in [3.8, 4) is 17.3 Å². The first-order chi connectivity index (χ1) is 14.7. The van der Waals surface area contributed by atoms with Crippen molar-refractivity contribution < 1.29 is 9.15 Å². The van der Waals surface area contributed by atoms with Crippen molar-refractivity contribution >= 4 is 24.2 Å². The molecule has 2 aliphatic rings. The van der Waals surface area contributed by atoms with Crippen molar-refractivity contribution in [2.45, 2.75) is 36.8 Å². The van der Waals surface area contributed by atoms with Crippen LogP contribution < -0.4 is 4.74 Å². The number of hydrogen-bond donors (Lipinski definition) is 0. The normalized spacial score (nSPS) is 20.5. The number of oxazole rings is 1. The van der Waals surface area contributed by atoms with Crippen molar-refractivity contribution in [2.75, 3.05) is 32.0 Å². The molecule has 166 valence electrons. The fourth-order valence-corrected chi connectivity index (χ4v) is 5.54. The molecule has 0 bridgehead atoms. The Morgan fingerprint density at radius 2 is 2.06 bits per heavy atom. The van der Waals surface area contributed by atoms with Gasteiger partial charge in [0.15, 0.2) is 17.3 Å². The number of aromatic nitrogens is 4. The van der Waals surface area contributed by atoms with Crippen LogP contribution in [0.1, 0.15) is 30.5 Å². The highest BCUT2D eigenvalue weighted by atomic mass is 35.5. The lowest BCUT2D eigenvalue weighted by atomic mass is 9.75. The van der Waals surface area contributed by atoms with E-state index in [0.717, 1.165) is 67.3 Å². The van der Waals surface area contributed by atoms with Gasteiger partial charge in [-0.25, -0.2) is 4.98 Å². The van der Waals surface area contributed by atoms with Crippen molar-refractivity contribution in [2.24, 2.45) is 7.05 Å². The summed E-state index contributed by atoms with van der Waals surface area (Å²) in [6.07, 6.45) is 4.93. The Balaban J connectivity index is 0.00000231. The Bertz CT molecular complexity index is 1040. The number of thioether (sulfide) groups is 1. The number of hydrogen-bond acceptors (Lipinski definition) is 7. The second-order valence-electron chi connectivity index (χ2n) is 8.24. The summed E-state index contributed by atoms with van der Waals surface area (Å²) in [7, 11) is 1.98. The van der Waals surface area contributed by atoms with Crippen LogP contribution in [0.5, 0.6) is 5.75 Å². The van der Waals surface area contributed by atoms with E-state index in [1.807, 2.05) is 18.5 Å². The maximum Gasteiger partial charge on any atom is 0.202 e. The van der Waals surface area contributed by atoms with Gasteiger partial charge in [0.2, 0.25) is 5.82 Å². The van der Waals surface area contributed by atoms with Crippen LogP contribution in [0.25, 0.3) is 11.6 Å². The minimum atomic E-state index is 0. The summed E-state index contributed by atoms with van der Waals surface area (Å²) in [4.78, 5) is 6.76. The van der Waals surface area contributed by atoms with Crippen LogP contribution in [0.3, 0.4) is 0 Å². The fourth-order valence-electron chi connectivity index (χ4n) is 4.70. The molecule has 5 rings (SSSR count). The van der Waals surface area contributed by atoms with Crippen molar-refractivity contribution in [1.29, 1.82) is 0 Å². The van der Waals surface area contributed by atoms with Crippen molar-refractivity contribution in [3.63, 3.8) is 0 Å². The van der Waals surface area contributed by atoms with E-state index in [1.165, 1.54) is 18.4 Å². The van der Waals surface area contributed by atoms with Gasteiger partial charge in [-0.15, -0.1) is 22.6 Å². The predicted molar refractivity (Wildman–Crippen MR) is 123 cm³/mol. The topological polar surface area (TPSA) is 69.2 Å². The lowest BCUT2D eigenvalue weighted by Gasteiger charge is -2.35. The first-order valence-electron chi connectivity index (χ1n) is 10.5. The summed E-state index contributed by atoms with van der Waals surface area (Å²) in [5.74, 6) is 3.52. The summed E-state index contributed by atoms with van der Waals surface area (Å²) >= 11 is 1.75. The molecule has 0 radical (unpaired) electrons. The highest BCUT2D eigenvalue weighted by Crippen LogP contribution is 2.44. The largest absolute Gasteiger partial charge is 0.493 e. The zero-order chi connectivity index (χ0) is 20.6. The van der Waals surface area contributed by atoms with Gasteiger partial charge in [-0.3, -0.25) is 0 Å². The molecule has 1 aromatic carbocycles. The average Bonchev–Trinajstić information content (AvgIpc) is 3.46. The van der Waals surface area contributed by atoms with Crippen molar-refractivity contribution in [1.82, 2.24) is 24.6 Å². The molecule has 1 atom stereocenters. The summed E-state index contributed by atoms with van der Waals surface area (Å²) in [5, 5.41) is 9.54. The van der Waals surface area contributed by atoms with E-state index in [4.69, 9.17) is 9.15 Å². The molecule has 2 aliphatic heterocycles. The van der Waals surface area contributed by atoms with Crippen LogP contribution in [-0.2, 0) is 12.5 Å². The quantitative estimate of drug-likeness (QED) is 0.404. The van der Waals surface area contributed by atoms with Gasteiger partial charge in [-0.2, -0.15) is 0 Å². The number of halogens is 1. The van der Waals surface area contributed by atoms with Gasteiger partial charge >= 0.3 is 0 Å². The molecule has 0 amide bonds. The van der Waals surface area contributed by atoms with Gasteiger partial charge in [0.05, 0.1) is 12.3 Å². The smallest absolute Gasteiger partial charge is 0.202 e. The average molecular weight is 462 g/mol. The van der Waals surface area contributed by atoms with Crippen LogP contribution in [0, 0.1) is 6.92 Å². The van der Waals surface area contributed by atoms with Crippen molar-refractivity contribution in [3.05, 3.63) is 41.9 Å². The first-order valence-corrected chi connectivity index (χ1v) is 11.5. The molecule has 3 aromatic rings. The van der Waals surface area contributed by atoms with E-state index >= 15 is 0 Å². The molecule has 1 fully saturated rings. The molecular weight excluding hydrogens is 434 g/mol. The van der Waals surface area contributed by atoms with Gasteiger partial charge in [-0.1, -0.05) is 30.0 Å². The zero-order valence-electron chi connectivity index (χ0n) is 17.9. The maximum atomic E-state index is 5.89. The minimum absolute atomic E-state index is 0. The molecule has 2 aromatic heterocycles. The van der Waals surface area contributed by atoms with Gasteiger partial charge in [0.25, 0.3) is 0 Å². The van der Waals surface area contributed by atoms with E-state index in [2.05, 4.69) is 44.3 Å². The van der Waals surface area contributed by atoms with E-state index in [9.17, 15) is 0 Å². The molecule has 4 heterocycles.